The van der Waals surface area contributed by atoms with Gasteiger partial charge in [-0.2, -0.15) is 0 Å². The van der Waals surface area contributed by atoms with E-state index in [-0.39, 0.29) is 0 Å². The monoisotopic (exact) mass is 808 g/mol. The van der Waals surface area contributed by atoms with E-state index in [0.29, 0.717) is 0 Å². The molecule has 0 radical (unpaired) electrons. The number of thiophene rings is 1. The lowest BCUT2D eigenvalue weighted by molar-refractivity contribution is 0.672. The largest absolute Gasteiger partial charge is 0.455 e. The zero-order valence-electron chi connectivity index (χ0n) is 33.5. The van der Waals surface area contributed by atoms with Gasteiger partial charge in [-0.3, -0.25) is 0 Å². The highest BCUT2D eigenvalue weighted by molar-refractivity contribution is 7.25. The number of benzene rings is 10. The molecular weight excluding hydrogens is 773 g/mol. The van der Waals surface area contributed by atoms with E-state index in [1.165, 1.54) is 64.1 Å². The fourth-order valence-corrected chi connectivity index (χ4v) is 10.8. The Balaban J connectivity index is 0.973. The molecule has 0 unspecified atom stereocenters. The molecule has 3 nitrogen and oxygen atoms in total. The van der Waals surface area contributed by atoms with Gasteiger partial charge in [0.15, 0.2) is 0 Å². The van der Waals surface area contributed by atoms with Crippen molar-refractivity contribution in [3.63, 3.8) is 0 Å². The first-order chi connectivity index (χ1) is 30.7. The number of aromatic nitrogens is 1. The summed E-state index contributed by atoms with van der Waals surface area (Å²) in [5.41, 5.74) is 13.2. The minimum absolute atomic E-state index is 0.865. The van der Waals surface area contributed by atoms with Crippen molar-refractivity contribution in [3.8, 4) is 27.9 Å². The van der Waals surface area contributed by atoms with Gasteiger partial charge in [-0.1, -0.05) is 127 Å². The Bertz CT molecular complexity index is 3870. The zero-order chi connectivity index (χ0) is 40.7. The first-order valence-electron chi connectivity index (χ1n) is 21.1. The molecule has 0 N–H and O–H groups in total. The molecule has 10 aromatic carbocycles. The molecule has 290 valence electrons. The molecule has 0 fully saturated rings. The first kappa shape index (κ1) is 34.9. The molecular formula is C58H36N2OS. The summed E-state index contributed by atoms with van der Waals surface area (Å²) in [7, 11) is 0. The third-order valence-electron chi connectivity index (χ3n) is 12.6. The molecule has 0 aliphatic rings. The molecule has 3 heterocycles. The number of rotatable bonds is 6. The van der Waals surface area contributed by atoms with Crippen LogP contribution in [0.5, 0.6) is 0 Å². The van der Waals surface area contributed by atoms with Crippen LogP contribution in [0, 0.1) is 0 Å². The molecule has 0 bridgehead atoms. The number of para-hydroxylation sites is 2. The fourth-order valence-electron chi connectivity index (χ4n) is 9.69. The summed E-state index contributed by atoms with van der Waals surface area (Å²) in [6, 6.07) is 79.2. The number of hydrogen-bond acceptors (Lipinski definition) is 3. The standard InChI is InChI=1S/C58H36N2OS/c1-2-14-42(15-3-1)60-51-20-8-6-18-46(51)49-35-40(27-32-52(49)60)37-24-29-43(30-25-37)59(53-21-11-22-54-57(53)48-31-26-38-12-4-5-17-45(38)58(48)61-54)44-16-10-13-39(34-44)41-28-33-56-50(36-41)47-19-7-9-23-55(47)62-56/h1-36H. The van der Waals surface area contributed by atoms with Crippen LogP contribution in [-0.2, 0) is 0 Å². The summed E-state index contributed by atoms with van der Waals surface area (Å²) in [5, 5.41) is 9.56. The summed E-state index contributed by atoms with van der Waals surface area (Å²) in [4.78, 5) is 2.40. The third kappa shape index (κ3) is 5.44. The number of nitrogens with zero attached hydrogens (tertiary/aromatic N) is 2. The summed E-state index contributed by atoms with van der Waals surface area (Å²) < 4.78 is 11.7. The SMILES string of the molecule is c1ccc(-n2c3ccccc3c3cc(-c4ccc(N(c5cccc(-c6ccc7sc8ccccc8c7c6)c5)c5cccc6oc7c8ccccc8ccc7c56)cc4)ccc32)cc1. The van der Waals surface area contributed by atoms with Gasteiger partial charge in [0.05, 0.1) is 22.1 Å². The highest BCUT2D eigenvalue weighted by Gasteiger charge is 2.21. The van der Waals surface area contributed by atoms with E-state index in [2.05, 4.69) is 228 Å². The minimum Gasteiger partial charge on any atom is -0.455 e. The van der Waals surface area contributed by atoms with Crippen LogP contribution < -0.4 is 4.90 Å². The number of fused-ring (bicyclic) bond motifs is 11. The van der Waals surface area contributed by atoms with Gasteiger partial charge in [0, 0.05) is 58.8 Å². The van der Waals surface area contributed by atoms with E-state index in [9.17, 15) is 0 Å². The van der Waals surface area contributed by atoms with Crippen LogP contribution in [0.2, 0.25) is 0 Å². The normalized spacial score (nSPS) is 11.9. The molecule has 0 amide bonds. The van der Waals surface area contributed by atoms with Gasteiger partial charge in [-0.15, -0.1) is 11.3 Å². The van der Waals surface area contributed by atoms with Gasteiger partial charge in [-0.05, 0) is 119 Å². The second-order valence-electron chi connectivity index (χ2n) is 16.1. The molecule has 0 aliphatic carbocycles. The second-order valence-corrected chi connectivity index (χ2v) is 17.2. The van der Waals surface area contributed by atoms with Crippen LogP contribution in [0.15, 0.2) is 223 Å². The summed E-state index contributed by atoms with van der Waals surface area (Å²) in [6.45, 7) is 0. The van der Waals surface area contributed by atoms with Gasteiger partial charge in [0.2, 0.25) is 0 Å². The number of furan rings is 1. The Labute approximate surface area is 361 Å². The predicted octanol–water partition coefficient (Wildman–Crippen LogP) is 17.0. The summed E-state index contributed by atoms with van der Waals surface area (Å²) in [6.07, 6.45) is 0. The van der Waals surface area contributed by atoms with E-state index in [4.69, 9.17) is 4.42 Å². The average Bonchev–Trinajstić information content (AvgIpc) is 4.02. The fraction of sp³-hybridized carbons (Fsp3) is 0. The van der Waals surface area contributed by atoms with Crippen molar-refractivity contribution in [2.75, 3.05) is 4.90 Å². The summed E-state index contributed by atoms with van der Waals surface area (Å²) >= 11 is 1.85. The molecule has 4 heteroatoms. The average molecular weight is 809 g/mol. The van der Waals surface area contributed by atoms with Crippen molar-refractivity contribution in [3.05, 3.63) is 218 Å². The molecule has 3 aromatic heterocycles. The highest BCUT2D eigenvalue weighted by atomic mass is 32.1. The third-order valence-corrected chi connectivity index (χ3v) is 13.7. The van der Waals surface area contributed by atoms with Crippen LogP contribution >= 0.6 is 11.3 Å². The molecule has 0 aliphatic heterocycles. The van der Waals surface area contributed by atoms with Crippen molar-refractivity contribution in [1.82, 2.24) is 4.57 Å². The zero-order valence-corrected chi connectivity index (χ0v) is 34.3. The van der Waals surface area contributed by atoms with E-state index in [1.54, 1.807) is 0 Å². The van der Waals surface area contributed by atoms with E-state index in [0.717, 1.165) is 55.6 Å². The Hall–Kier alpha value is -7.92. The Morgan fingerprint density at radius 1 is 0.387 bits per heavy atom. The second kappa shape index (κ2) is 13.8. The summed E-state index contributed by atoms with van der Waals surface area (Å²) in [5.74, 6) is 0. The van der Waals surface area contributed by atoms with E-state index < -0.39 is 0 Å². The van der Waals surface area contributed by atoms with Crippen molar-refractivity contribution in [2.24, 2.45) is 0 Å². The van der Waals surface area contributed by atoms with Crippen molar-refractivity contribution < 1.29 is 4.42 Å². The van der Waals surface area contributed by atoms with Crippen molar-refractivity contribution >= 4 is 103 Å². The van der Waals surface area contributed by atoms with Crippen molar-refractivity contribution in [1.29, 1.82) is 0 Å². The van der Waals surface area contributed by atoms with Crippen LogP contribution in [-0.4, -0.2) is 4.57 Å². The number of hydrogen-bond donors (Lipinski definition) is 0. The van der Waals surface area contributed by atoms with E-state index >= 15 is 0 Å². The maximum Gasteiger partial charge on any atom is 0.143 e. The van der Waals surface area contributed by atoms with Crippen LogP contribution in [0.4, 0.5) is 17.1 Å². The van der Waals surface area contributed by atoms with Gasteiger partial charge in [0.25, 0.3) is 0 Å². The molecule has 13 rings (SSSR count). The Morgan fingerprint density at radius 2 is 1.06 bits per heavy atom. The van der Waals surface area contributed by atoms with Gasteiger partial charge in [-0.25, -0.2) is 0 Å². The molecule has 0 spiro atoms. The highest BCUT2D eigenvalue weighted by Crippen LogP contribution is 2.46. The Kier molecular flexibility index (Phi) is 7.78. The smallest absolute Gasteiger partial charge is 0.143 e. The Morgan fingerprint density at radius 3 is 1.97 bits per heavy atom. The lowest BCUT2D eigenvalue weighted by Gasteiger charge is -2.27. The van der Waals surface area contributed by atoms with Gasteiger partial charge >= 0.3 is 0 Å². The minimum atomic E-state index is 0.865. The first-order valence-corrected chi connectivity index (χ1v) is 21.9. The van der Waals surface area contributed by atoms with Crippen LogP contribution in [0.1, 0.15) is 0 Å². The predicted molar refractivity (Wildman–Crippen MR) is 264 cm³/mol. The quantitative estimate of drug-likeness (QED) is 0.167. The number of anilines is 3. The van der Waals surface area contributed by atoms with Crippen LogP contribution in [0.3, 0.4) is 0 Å². The maximum atomic E-state index is 6.73. The molecule has 13 aromatic rings. The lowest BCUT2D eigenvalue weighted by atomic mass is 10.00. The maximum absolute atomic E-state index is 6.73. The molecule has 0 saturated heterocycles. The lowest BCUT2D eigenvalue weighted by Crippen LogP contribution is -2.10. The van der Waals surface area contributed by atoms with Gasteiger partial charge < -0.3 is 13.9 Å². The van der Waals surface area contributed by atoms with Gasteiger partial charge in [0.1, 0.15) is 11.2 Å². The molecule has 0 saturated carbocycles. The van der Waals surface area contributed by atoms with E-state index in [1.807, 2.05) is 11.3 Å². The topological polar surface area (TPSA) is 21.3 Å². The van der Waals surface area contributed by atoms with Crippen LogP contribution in [0.25, 0.3) is 103 Å². The van der Waals surface area contributed by atoms with Crippen molar-refractivity contribution in [2.45, 2.75) is 0 Å². The molecule has 62 heavy (non-hydrogen) atoms. The molecule has 0 atom stereocenters.